The molecule has 0 spiro atoms. The number of aromatic hydroxyl groups is 2. The molecule has 0 atom stereocenters. The molecule has 0 aliphatic rings. The first-order chi connectivity index (χ1) is 8.22. The van der Waals surface area contributed by atoms with Crippen molar-refractivity contribution in [3.05, 3.63) is 42.6 Å². The van der Waals surface area contributed by atoms with Crippen LogP contribution < -0.4 is 0 Å². The number of phenols is 1. The van der Waals surface area contributed by atoms with Crippen LogP contribution in [0.4, 0.5) is 0 Å². The Bertz CT molecular complexity index is 691. The summed E-state index contributed by atoms with van der Waals surface area (Å²) in [6.45, 7) is 0. The van der Waals surface area contributed by atoms with Crippen LogP contribution in [-0.2, 0) is 0 Å². The van der Waals surface area contributed by atoms with Crippen molar-refractivity contribution in [2.75, 3.05) is 0 Å². The predicted octanol–water partition coefficient (Wildman–Crippen LogP) is 1.81. The Morgan fingerprint density at radius 3 is 2.71 bits per heavy atom. The zero-order valence-corrected chi connectivity index (χ0v) is 8.78. The normalized spacial score (nSPS) is 10.8. The van der Waals surface area contributed by atoms with Crippen LogP contribution in [0.25, 0.3) is 17.0 Å². The van der Waals surface area contributed by atoms with E-state index in [0.29, 0.717) is 11.5 Å². The number of phenolic OH excluding ortho intramolecular Hbond substituents is 1. The largest absolute Gasteiger partial charge is 0.508 e. The van der Waals surface area contributed by atoms with Gasteiger partial charge >= 0.3 is 0 Å². The van der Waals surface area contributed by atoms with Gasteiger partial charge in [0.25, 0.3) is 0 Å². The molecule has 1 aromatic carbocycles. The van der Waals surface area contributed by atoms with Crippen LogP contribution in [0, 0.1) is 0 Å². The molecule has 84 valence electrons. The molecule has 3 rings (SSSR count). The Balaban J connectivity index is 2.18. The molecule has 5 heteroatoms. The average molecular weight is 227 g/mol. The second-order valence-corrected chi connectivity index (χ2v) is 3.68. The minimum Gasteiger partial charge on any atom is -0.508 e. The zero-order chi connectivity index (χ0) is 11.8. The van der Waals surface area contributed by atoms with Gasteiger partial charge in [-0.3, -0.25) is 0 Å². The molecule has 0 bridgehead atoms. The number of aromatic nitrogens is 3. The van der Waals surface area contributed by atoms with Crippen LogP contribution in [-0.4, -0.2) is 24.8 Å². The van der Waals surface area contributed by atoms with Gasteiger partial charge in [-0.25, -0.2) is 9.50 Å². The first-order valence-corrected chi connectivity index (χ1v) is 5.07. The summed E-state index contributed by atoms with van der Waals surface area (Å²) < 4.78 is 1.49. The average Bonchev–Trinajstić information content (AvgIpc) is 2.72. The Morgan fingerprint density at radius 2 is 1.88 bits per heavy atom. The summed E-state index contributed by atoms with van der Waals surface area (Å²) >= 11 is 0. The van der Waals surface area contributed by atoms with E-state index < -0.39 is 0 Å². The summed E-state index contributed by atoms with van der Waals surface area (Å²) in [6, 6.07) is 9.95. The molecule has 0 radical (unpaired) electrons. The third-order valence-corrected chi connectivity index (χ3v) is 2.42. The molecule has 0 saturated heterocycles. The van der Waals surface area contributed by atoms with Crippen molar-refractivity contribution in [3.8, 4) is 22.9 Å². The van der Waals surface area contributed by atoms with Gasteiger partial charge in [0, 0.05) is 5.56 Å². The Hall–Kier alpha value is -2.56. The summed E-state index contributed by atoms with van der Waals surface area (Å²) in [5.74, 6) is 0.806. The van der Waals surface area contributed by atoms with Gasteiger partial charge in [0.2, 0.25) is 0 Å². The lowest BCUT2D eigenvalue weighted by Gasteiger charge is -1.94. The van der Waals surface area contributed by atoms with Crippen molar-refractivity contribution in [1.82, 2.24) is 14.6 Å². The molecule has 3 aromatic rings. The van der Waals surface area contributed by atoms with Gasteiger partial charge in [-0.15, -0.1) is 5.10 Å². The summed E-state index contributed by atoms with van der Waals surface area (Å²) in [5, 5.41) is 22.9. The maximum Gasteiger partial charge on any atom is 0.182 e. The Kier molecular flexibility index (Phi) is 1.98. The van der Waals surface area contributed by atoms with Crippen molar-refractivity contribution >= 4 is 5.65 Å². The maximum absolute atomic E-state index is 9.39. The fourth-order valence-electron chi connectivity index (χ4n) is 1.64. The highest BCUT2D eigenvalue weighted by Gasteiger charge is 2.06. The van der Waals surface area contributed by atoms with Crippen molar-refractivity contribution in [3.63, 3.8) is 0 Å². The lowest BCUT2D eigenvalue weighted by atomic mass is 10.2. The maximum atomic E-state index is 9.39. The summed E-state index contributed by atoms with van der Waals surface area (Å²) in [5.41, 5.74) is 1.37. The van der Waals surface area contributed by atoms with Crippen LogP contribution >= 0.6 is 0 Å². The van der Waals surface area contributed by atoms with Crippen molar-refractivity contribution in [2.45, 2.75) is 0 Å². The second kappa shape index (κ2) is 3.48. The second-order valence-electron chi connectivity index (χ2n) is 3.68. The molecular weight excluding hydrogens is 218 g/mol. The van der Waals surface area contributed by atoms with Gasteiger partial charge in [-0.05, 0) is 24.3 Å². The number of nitrogens with zero attached hydrogens (tertiary/aromatic N) is 3. The van der Waals surface area contributed by atoms with Crippen LogP contribution in [0.15, 0.2) is 42.6 Å². The Labute approximate surface area is 96.6 Å². The van der Waals surface area contributed by atoms with Gasteiger partial charge in [-0.1, -0.05) is 12.1 Å². The quantitative estimate of drug-likeness (QED) is 0.665. The number of pyridine rings is 1. The number of hydrogen-bond donors (Lipinski definition) is 2. The van der Waals surface area contributed by atoms with E-state index in [1.807, 2.05) is 6.07 Å². The van der Waals surface area contributed by atoms with Crippen LogP contribution in [0.5, 0.6) is 11.5 Å². The van der Waals surface area contributed by atoms with Crippen LogP contribution in [0.2, 0.25) is 0 Å². The summed E-state index contributed by atoms with van der Waals surface area (Å²) in [4.78, 5) is 4.29. The molecule has 0 aliphatic carbocycles. The number of benzene rings is 1. The van der Waals surface area contributed by atoms with Gasteiger partial charge < -0.3 is 10.2 Å². The van der Waals surface area contributed by atoms with E-state index in [1.54, 1.807) is 30.3 Å². The van der Waals surface area contributed by atoms with E-state index >= 15 is 0 Å². The predicted molar refractivity (Wildman–Crippen MR) is 61.8 cm³/mol. The fourth-order valence-corrected chi connectivity index (χ4v) is 1.64. The van der Waals surface area contributed by atoms with Crippen molar-refractivity contribution in [1.29, 1.82) is 0 Å². The van der Waals surface area contributed by atoms with Crippen molar-refractivity contribution in [2.24, 2.45) is 0 Å². The number of fused-ring (bicyclic) bond motifs is 1. The highest BCUT2D eigenvalue weighted by Crippen LogP contribution is 2.21. The van der Waals surface area contributed by atoms with Gasteiger partial charge in [0.15, 0.2) is 11.5 Å². The fraction of sp³-hybridized carbons (Fsp3) is 0. The first-order valence-electron chi connectivity index (χ1n) is 5.07. The smallest absolute Gasteiger partial charge is 0.182 e. The van der Waals surface area contributed by atoms with E-state index in [9.17, 15) is 10.2 Å². The van der Waals surface area contributed by atoms with Gasteiger partial charge in [-0.2, -0.15) is 0 Å². The molecule has 0 fully saturated rings. The third-order valence-electron chi connectivity index (χ3n) is 2.42. The number of hydrogen-bond acceptors (Lipinski definition) is 4. The minimum absolute atomic E-state index is 0.129. The first kappa shape index (κ1) is 9.65. The van der Waals surface area contributed by atoms with E-state index in [0.717, 1.165) is 5.56 Å². The van der Waals surface area contributed by atoms with E-state index in [1.165, 1.54) is 10.7 Å². The van der Waals surface area contributed by atoms with Crippen LogP contribution in [0.1, 0.15) is 0 Å². The molecular formula is C12H9N3O2. The lowest BCUT2D eigenvalue weighted by Crippen LogP contribution is -1.85. The van der Waals surface area contributed by atoms with E-state index in [-0.39, 0.29) is 11.5 Å². The number of rotatable bonds is 1. The molecule has 0 unspecified atom stereocenters. The van der Waals surface area contributed by atoms with Crippen LogP contribution in [0.3, 0.4) is 0 Å². The minimum atomic E-state index is 0.129. The topological polar surface area (TPSA) is 70.7 Å². The molecule has 5 nitrogen and oxygen atoms in total. The van der Waals surface area contributed by atoms with Gasteiger partial charge in [0.1, 0.15) is 11.5 Å². The molecule has 0 saturated carbocycles. The van der Waals surface area contributed by atoms with E-state index in [2.05, 4.69) is 10.1 Å². The zero-order valence-electron chi connectivity index (χ0n) is 8.78. The Morgan fingerprint density at radius 1 is 1.00 bits per heavy atom. The molecule has 0 amide bonds. The SMILES string of the molecule is Oc1cccc(-c2nc3ccc(O)cn3n2)c1. The van der Waals surface area contributed by atoms with E-state index in [4.69, 9.17) is 0 Å². The molecule has 2 N–H and O–H groups in total. The van der Waals surface area contributed by atoms with Gasteiger partial charge in [0.05, 0.1) is 6.20 Å². The lowest BCUT2D eigenvalue weighted by molar-refractivity contribution is 0.470. The molecule has 2 aromatic heterocycles. The van der Waals surface area contributed by atoms with Crippen molar-refractivity contribution < 1.29 is 10.2 Å². The summed E-state index contributed by atoms with van der Waals surface area (Å²) in [7, 11) is 0. The molecule has 0 aliphatic heterocycles. The monoisotopic (exact) mass is 227 g/mol. The highest BCUT2D eigenvalue weighted by atomic mass is 16.3. The molecule has 17 heavy (non-hydrogen) atoms. The third kappa shape index (κ3) is 1.67. The molecule has 2 heterocycles. The summed E-state index contributed by atoms with van der Waals surface area (Å²) in [6.07, 6.45) is 1.48. The standard InChI is InChI=1S/C12H9N3O2/c16-9-3-1-2-8(6-9)12-13-11-5-4-10(17)7-15(11)14-12/h1-7,16-17H. The highest BCUT2D eigenvalue weighted by molar-refractivity contribution is 5.60.